The Hall–Kier alpha value is -2.66. The predicted molar refractivity (Wildman–Crippen MR) is 92.8 cm³/mol. The highest BCUT2D eigenvalue weighted by atomic mass is 35.5. The van der Waals surface area contributed by atoms with E-state index in [9.17, 15) is 14.4 Å². The highest BCUT2D eigenvalue weighted by Gasteiger charge is 2.22. The van der Waals surface area contributed by atoms with Crippen LogP contribution in [0.2, 0.25) is 5.02 Å². The number of rotatable bonds is 8. The summed E-state index contributed by atoms with van der Waals surface area (Å²) in [5.74, 6) is -2.18. The number of hydrogen-bond acceptors (Lipinski definition) is 5. The standard InChI is InChI=1S/C19H17ClO5/c1-2-24-19(23)17(22)11-16(21)15-10-14(20)8-9-18(15)25-12-13-6-4-3-5-7-13/h3-10H,2,11-12H2,1H3. The van der Waals surface area contributed by atoms with E-state index in [2.05, 4.69) is 4.74 Å². The van der Waals surface area contributed by atoms with Crippen molar-refractivity contribution in [1.29, 1.82) is 0 Å². The van der Waals surface area contributed by atoms with Crippen molar-refractivity contribution in [2.75, 3.05) is 6.61 Å². The molecule has 0 unspecified atom stereocenters. The number of hydrogen-bond donors (Lipinski definition) is 0. The van der Waals surface area contributed by atoms with Gasteiger partial charge in [0, 0.05) is 5.02 Å². The molecule has 0 amide bonds. The van der Waals surface area contributed by atoms with Crippen LogP contribution < -0.4 is 4.74 Å². The fourth-order valence-corrected chi connectivity index (χ4v) is 2.28. The second-order valence-electron chi connectivity index (χ2n) is 5.16. The van der Waals surface area contributed by atoms with Gasteiger partial charge < -0.3 is 9.47 Å². The Morgan fingerprint density at radius 3 is 2.44 bits per heavy atom. The number of halogens is 1. The van der Waals surface area contributed by atoms with E-state index < -0.39 is 24.0 Å². The summed E-state index contributed by atoms with van der Waals surface area (Å²) in [6.07, 6.45) is -0.596. The smallest absolute Gasteiger partial charge is 0.375 e. The van der Waals surface area contributed by atoms with E-state index in [-0.39, 0.29) is 18.8 Å². The molecule has 2 aromatic carbocycles. The molecule has 130 valence electrons. The zero-order chi connectivity index (χ0) is 18.2. The molecule has 25 heavy (non-hydrogen) atoms. The van der Waals surface area contributed by atoms with Gasteiger partial charge in [-0.2, -0.15) is 0 Å². The van der Waals surface area contributed by atoms with Crippen LogP contribution in [0.1, 0.15) is 29.3 Å². The molecule has 2 aromatic rings. The summed E-state index contributed by atoms with van der Waals surface area (Å²) in [4.78, 5) is 35.5. The van der Waals surface area contributed by atoms with Crippen LogP contribution in [0.5, 0.6) is 5.75 Å². The van der Waals surface area contributed by atoms with Gasteiger partial charge >= 0.3 is 5.97 Å². The fourth-order valence-electron chi connectivity index (χ4n) is 2.11. The quantitative estimate of drug-likeness (QED) is 0.311. The van der Waals surface area contributed by atoms with Crippen molar-refractivity contribution >= 4 is 29.1 Å². The van der Waals surface area contributed by atoms with Crippen molar-refractivity contribution in [2.45, 2.75) is 20.0 Å². The van der Waals surface area contributed by atoms with Gasteiger partial charge in [0.25, 0.3) is 0 Å². The zero-order valence-electron chi connectivity index (χ0n) is 13.7. The molecule has 5 nitrogen and oxygen atoms in total. The molecular formula is C19H17ClO5. The molecule has 0 saturated carbocycles. The van der Waals surface area contributed by atoms with Gasteiger partial charge in [0.1, 0.15) is 12.4 Å². The molecule has 0 saturated heterocycles. The minimum atomic E-state index is -1.02. The van der Waals surface area contributed by atoms with Crippen molar-refractivity contribution in [3.8, 4) is 5.75 Å². The monoisotopic (exact) mass is 360 g/mol. The molecular weight excluding hydrogens is 344 g/mol. The highest BCUT2D eigenvalue weighted by molar-refractivity contribution is 6.38. The summed E-state index contributed by atoms with van der Waals surface area (Å²) >= 11 is 5.94. The Balaban J connectivity index is 2.13. The van der Waals surface area contributed by atoms with Gasteiger partial charge in [-0.25, -0.2) is 4.79 Å². The van der Waals surface area contributed by atoms with Crippen LogP contribution >= 0.6 is 11.6 Å². The van der Waals surface area contributed by atoms with Gasteiger partial charge in [-0.05, 0) is 30.7 Å². The molecule has 0 heterocycles. The predicted octanol–water partition coefficient (Wildman–Crippen LogP) is 3.62. The van der Waals surface area contributed by atoms with E-state index in [0.29, 0.717) is 10.8 Å². The molecule has 0 bridgehead atoms. The number of ether oxygens (including phenoxy) is 2. The third-order valence-corrected chi connectivity index (χ3v) is 3.54. The first-order valence-electron chi connectivity index (χ1n) is 7.70. The Labute approximate surface area is 150 Å². The minimum absolute atomic E-state index is 0.0708. The summed E-state index contributed by atoms with van der Waals surface area (Å²) in [5.41, 5.74) is 1.08. The molecule has 0 aliphatic heterocycles. The maximum Gasteiger partial charge on any atom is 0.375 e. The fraction of sp³-hybridized carbons (Fsp3) is 0.211. The molecule has 0 spiro atoms. The molecule has 0 atom stereocenters. The van der Waals surface area contributed by atoms with E-state index >= 15 is 0 Å². The number of ketones is 2. The molecule has 0 N–H and O–H groups in total. The molecule has 2 rings (SSSR count). The van der Waals surface area contributed by atoms with Crippen LogP contribution in [0, 0.1) is 0 Å². The second kappa shape index (κ2) is 8.99. The number of esters is 1. The van der Waals surface area contributed by atoms with E-state index in [1.807, 2.05) is 30.3 Å². The van der Waals surface area contributed by atoms with Crippen LogP contribution in [0.4, 0.5) is 0 Å². The SMILES string of the molecule is CCOC(=O)C(=O)CC(=O)c1cc(Cl)ccc1OCc1ccccc1. The Bertz CT molecular complexity index is 771. The van der Waals surface area contributed by atoms with Crippen LogP contribution in [0.15, 0.2) is 48.5 Å². The van der Waals surface area contributed by atoms with Gasteiger partial charge in [-0.3, -0.25) is 9.59 Å². The van der Waals surface area contributed by atoms with Crippen molar-refractivity contribution in [2.24, 2.45) is 0 Å². The third-order valence-electron chi connectivity index (χ3n) is 3.30. The minimum Gasteiger partial charge on any atom is -0.488 e. The normalized spacial score (nSPS) is 10.2. The maximum absolute atomic E-state index is 12.4. The third kappa shape index (κ3) is 5.43. The van der Waals surface area contributed by atoms with Gasteiger partial charge in [0.15, 0.2) is 5.78 Å². The van der Waals surface area contributed by atoms with Crippen molar-refractivity contribution < 1.29 is 23.9 Å². The first kappa shape index (κ1) is 18.7. The summed E-state index contributed by atoms with van der Waals surface area (Å²) in [5, 5.41) is 0.332. The van der Waals surface area contributed by atoms with Gasteiger partial charge in [-0.15, -0.1) is 0 Å². The first-order valence-corrected chi connectivity index (χ1v) is 8.08. The van der Waals surface area contributed by atoms with Crippen LogP contribution in [0.3, 0.4) is 0 Å². The average molecular weight is 361 g/mol. The number of benzene rings is 2. The molecule has 0 aromatic heterocycles. The zero-order valence-corrected chi connectivity index (χ0v) is 14.4. The van der Waals surface area contributed by atoms with Crippen molar-refractivity contribution in [3.63, 3.8) is 0 Å². The lowest BCUT2D eigenvalue weighted by Crippen LogP contribution is -2.21. The molecule has 0 aliphatic rings. The average Bonchev–Trinajstić information content (AvgIpc) is 2.61. The van der Waals surface area contributed by atoms with E-state index in [0.717, 1.165) is 5.56 Å². The van der Waals surface area contributed by atoms with Crippen LogP contribution in [0.25, 0.3) is 0 Å². The Morgan fingerprint density at radius 1 is 1.04 bits per heavy atom. The Kier molecular flexibility index (Phi) is 6.71. The molecule has 6 heteroatoms. The summed E-state index contributed by atoms with van der Waals surface area (Å²) in [7, 11) is 0. The lowest BCUT2D eigenvalue weighted by atomic mass is 10.0. The summed E-state index contributed by atoms with van der Waals surface area (Å²) < 4.78 is 10.3. The second-order valence-corrected chi connectivity index (χ2v) is 5.59. The van der Waals surface area contributed by atoms with Crippen molar-refractivity contribution in [3.05, 3.63) is 64.7 Å². The highest BCUT2D eigenvalue weighted by Crippen LogP contribution is 2.25. The van der Waals surface area contributed by atoms with Crippen LogP contribution in [-0.2, 0) is 20.9 Å². The summed E-state index contributed by atoms with van der Waals surface area (Å²) in [6, 6.07) is 14.0. The number of carbonyl (C=O) groups excluding carboxylic acids is 3. The molecule has 0 radical (unpaired) electrons. The maximum atomic E-state index is 12.4. The van der Waals surface area contributed by atoms with E-state index in [1.165, 1.54) is 6.07 Å². The largest absolute Gasteiger partial charge is 0.488 e. The molecule has 0 fully saturated rings. The molecule has 0 aliphatic carbocycles. The van der Waals surface area contributed by atoms with Crippen LogP contribution in [-0.4, -0.2) is 24.1 Å². The number of carbonyl (C=O) groups is 3. The number of Topliss-reactive ketones (excluding diaryl/α,β-unsaturated/α-hetero) is 2. The lowest BCUT2D eigenvalue weighted by molar-refractivity contribution is -0.153. The van der Waals surface area contributed by atoms with Gasteiger partial charge in [0.2, 0.25) is 5.78 Å². The van der Waals surface area contributed by atoms with E-state index in [4.69, 9.17) is 16.3 Å². The summed E-state index contributed by atoms with van der Waals surface area (Å²) in [6.45, 7) is 1.91. The van der Waals surface area contributed by atoms with Crippen molar-refractivity contribution in [1.82, 2.24) is 0 Å². The van der Waals surface area contributed by atoms with E-state index in [1.54, 1.807) is 19.1 Å². The van der Waals surface area contributed by atoms with Gasteiger partial charge in [-0.1, -0.05) is 41.9 Å². The Morgan fingerprint density at radius 2 is 1.76 bits per heavy atom. The van der Waals surface area contributed by atoms with Gasteiger partial charge in [0.05, 0.1) is 18.6 Å². The lowest BCUT2D eigenvalue weighted by Gasteiger charge is -2.11. The topological polar surface area (TPSA) is 69.7 Å². The first-order chi connectivity index (χ1) is 12.0.